The summed E-state index contributed by atoms with van der Waals surface area (Å²) >= 11 is 3.32. The van der Waals surface area contributed by atoms with Gasteiger partial charge in [0.05, 0.1) is 28.8 Å². The van der Waals surface area contributed by atoms with E-state index < -0.39 is 0 Å². The van der Waals surface area contributed by atoms with Crippen LogP contribution in [-0.2, 0) is 6.42 Å². The van der Waals surface area contributed by atoms with Gasteiger partial charge in [-0.1, -0.05) is 12.1 Å². The van der Waals surface area contributed by atoms with Crippen LogP contribution in [0.4, 0.5) is 0 Å². The van der Waals surface area contributed by atoms with E-state index in [4.69, 9.17) is 5.26 Å². The largest absolute Gasteiger partial charge is 0.246 e. The van der Waals surface area contributed by atoms with Gasteiger partial charge in [-0.05, 0) is 19.1 Å². The van der Waals surface area contributed by atoms with E-state index in [-0.39, 0.29) is 0 Å². The number of benzene rings is 1. The molecule has 0 saturated heterocycles. The fraction of sp³-hybridized carbons (Fsp3) is 0.133. The molecule has 0 aliphatic heterocycles. The molecule has 20 heavy (non-hydrogen) atoms. The number of aryl methyl sites for hydroxylation is 1. The van der Waals surface area contributed by atoms with Crippen LogP contribution in [0, 0.1) is 18.3 Å². The van der Waals surface area contributed by atoms with Crippen LogP contribution in [0.3, 0.4) is 0 Å². The Labute approximate surface area is 125 Å². The van der Waals surface area contributed by atoms with Crippen molar-refractivity contribution in [1.82, 2.24) is 9.97 Å². The summed E-state index contributed by atoms with van der Waals surface area (Å²) in [4.78, 5) is 9.10. The van der Waals surface area contributed by atoms with Crippen LogP contribution in [0.25, 0.3) is 11.3 Å². The van der Waals surface area contributed by atoms with Gasteiger partial charge < -0.3 is 0 Å². The molecule has 0 fully saturated rings. The first-order chi connectivity index (χ1) is 9.74. The van der Waals surface area contributed by atoms with Crippen molar-refractivity contribution >= 4 is 22.7 Å². The van der Waals surface area contributed by atoms with Gasteiger partial charge in [-0.15, -0.1) is 22.7 Å². The summed E-state index contributed by atoms with van der Waals surface area (Å²) in [5, 5.41) is 15.1. The molecule has 1 aromatic carbocycles. The Morgan fingerprint density at radius 3 is 2.40 bits per heavy atom. The third-order valence-electron chi connectivity index (χ3n) is 2.83. The lowest BCUT2D eigenvalue weighted by Crippen LogP contribution is -1.87. The number of nitrogens with zero attached hydrogens (tertiary/aromatic N) is 3. The molecule has 0 N–H and O–H groups in total. The predicted octanol–water partition coefficient (Wildman–Crippen LogP) is 4.04. The van der Waals surface area contributed by atoms with Crippen LogP contribution in [0.1, 0.15) is 21.3 Å². The molecule has 2 aromatic heterocycles. The third kappa shape index (κ3) is 2.77. The average Bonchev–Trinajstić information content (AvgIpc) is 3.09. The van der Waals surface area contributed by atoms with E-state index in [1.807, 2.05) is 31.2 Å². The lowest BCUT2D eigenvalue weighted by atomic mass is 10.1. The van der Waals surface area contributed by atoms with Crippen LogP contribution in [0.15, 0.2) is 35.0 Å². The van der Waals surface area contributed by atoms with Gasteiger partial charge in [0, 0.05) is 22.0 Å². The number of thiazole rings is 2. The topological polar surface area (TPSA) is 49.6 Å². The summed E-state index contributed by atoms with van der Waals surface area (Å²) in [6.45, 7) is 2.00. The molecule has 0 unspecified atom stereocenters. The molecule has 5 heteroatoms. The summed E-state index contributed by atoms with van der Waals surface area (Å²) in [5.41, 5.74) is 3.74. The number of rotatable bonds is 3. The molecule has 0 atom stereocenters. The average molecular weight is 297 g/mol. The molecule has 3 nitrogen and oxygen atoms in total. The summed E-state index contributed by atoms with van der Waals surface area (Å²) in [6.07, 6.45) is 0.791. The molecule has 3 rings (SSSR count). The van der Waals surface area contributed by atoms with Crippen LogP contribution in [0.5, 0.6) is 0 Å². The van der Waals surface area contributed by atoms with Crippen molar-refractivity contribution in [2.24, 2.45) is 0 Å². The minimum atomic E-state index is 0.669. The Morgan fingerprint density at radius 2 is 1.75 bits per heavy atom. The minimum Gasteiger partial charge on any atom is -0.246 e. The SMILES string of the molecule is Cc1csc(Cc2nc(-c3ccc(C#N)cc3)cs2)n1. The molecule has 0 bridgehead atoms. The molecule has 98 valence electrons. The van der Waals surface area contributed by atoms with Gasteiger partial charge in [0.2, 0.25) is 0 Å². The Balaban J connectivity index is 1.80. The van der Waals surface area contributed by atoms with Gasteiger partial charge in [-0.3, -0.25) is 0 Å². The van der Waals surface area contributed by atoms with Gasteiger partial charge in [0.25, 0.3) is 0 Å². The molecule has 0 aliphatic carbocycles. The second-order valence-electron chi connectivity index (χ2n) is 4.38. The van der Waals surface area contributed by atoms with E-state index in [1.165, 1.54) is 0 Å². The second-order valence-corrected chi connectivity index (χ2v) is 6.26. The van der Waals surface area contributed by atoms with Crippen LogP contribution in [0.2, 0.25) is 0 Å². The van der Waals surface area contributed by atoms with E-state index in [2.05, 4.69) is 26.8 Å². The molecule has 0 aliphatic rings. The molecule has 0 amide bonds. The number of hydrogen-bond acceptors (Lipinski definition) is 5. The highest BCUT2D eigenvalue weighted by atomic mass is 32.1. The molecule has 0 spiro atoms. The fourth-order valence-corrected chi connectivity index (χ4v) is 3.53. The molecular weight excluding hydrogens is 286 g/mol. The van der Waals surface area contributed by atoms with Gasteiger partial charge in [-0.2, -0.15) is 5.26 Å². The lowest BCUT2D eigenvalue weighted by molar-refractivity contribution is 1.08. The zero-order chi connectivity index (χ0) is 13.9. The summed E-state index contributed by atoms with van der Waals surface area (Å²) < 4.78 is 0. The quantitative estimate of drug-likeness (QED) is 0.733. The van der Waals surface area contributed by atoms with Crippen LogP contribution >= 0.6 is 22.7 Å². The van der Waals surface area contributed by atoms with Crippen molar-refractivity contribution in [1.29, 1.82) is 5.26 Å². The maximum atomic E-state index is 8.80. The van der Waals surface area contributed by atoms with E-state index in [9.17, 15) is 0 Å². The highest BCUT2D eigenvalue weighted by Gasteiger charge is 2.07. The van der Waals surface area contributed by atoms with Gasteiger partial charge in [-0.25, -0.2) is 9.97 Å². The van der Waals surface area contributed by atoms with Gasteiger partial charge in [0.1, 0.15) is 5.01 Å². The molecule has 0 radical (unpaired) electrons. The summed E-state index contributed by atoms with van der Waals surface area (Å²) in [7, 11) is 0. The van der Waals surface area contributed by atoms with Gasteiger partial charge in [0.15, 0.2) is 0 Å². The smallest absolute Gasteiger partial charge is 0.100 e. The molecule has 0 saturated carbocycles. The standard InChI is InChI=1S/C15H11N3S2/c1-10-8-19-14(17-10)6-15-18-13(9-20-15)12-4-2-11(7-16)3-5-12/h2-5,8-9H,6H2,1H3. The van der Waals surface area contributed by atoms with E-state index in [0.717, 1.165) is 33.4 Å². The van der Waals surface area contributed by atoms with Crippen molar-refractivity contribution in [2.75, 3.05) is 0 Å². The van der Waals surface area contributed by atoms with E-state index >= 15 is 0 Å². The Bertz CT molecular complexity index is 763. The lowest BCUT2D eigenvalue weighted by Gasteiger charge is -1.96. The van der Waals surface area contributed by atoms with Crippen LogP contribution in [-0.4, -0.2) is 9.97 Å². The first-order valence-corrected chi connectivity index (χ1v) is 7.86. The molecule has 2 heterocycles. The Morgan fingerprint density at radius 1 is 1.05 bits per heavy atom. The highest BCUT2D eigenvalue weighted by molar-refractivity contribution is 7.11. The van der Waals surface area contributed by atoms with Crippen molar-refractivity contribution < 1.29 is 0 Å². The number of hydrogen-bond donors (Lipinski definition) is 0. The predicted molar refractivity (Wildman–Crippen MR) is 81.9 cm³/mol. The number of aromatic nitrogens is 2. The molecular formula is C15H11N3S2. The summed E-state index contributed by atoms with van der Waals surface area (Å²) in [5.74, 6) is 0. The van der Waals surface area contributed by atoms with E-state index in [0.29, 0.717) is 5.56 Å². The third-order valence-corrected chi connectivity index (χ3v) is 4.65. The zero-order valence-corrected chi connectivity index (χ0v) is 12.5. The van der Waals surface area contributed by atoms with Crippen molar-refractivity contribution in [3.63, 3.8) is 0 Å². The second kappa shape index (κ2) is 5.53. The minimum absolute atomic E-state index is 0.669. The first kappa shape index (κ1) is 13.0. The van der Waals surface area contributed by atoms with Crippen molar-refractivity contribution in [3.05, 3.63) is 56.3 Å². The maximum absolute atomic E-state index is 8.80. The summed E-state index contributed by atoms with van der Waals surface area (Å²) in [6, 6.07) is 9.63. The fourth-order valence-electron chi connectivity index (χ4n) is 1.85. The van der Waals surface area contributed by atoms with Crippen molar-refractivity contribution in [2.45, 2.75) is 13.3 Å². The number of nitriles is 1. The Kier molecular flexibility index (Phi) is 3.59. The normalized spacial score (nSPS) is 10.4. The highest BCUT2D eigenvalue weighted by Crippen LogP contribution is 2.24. The zero-order valence-electron chi connectivity index (χ0n) is 10.8. The molecule has 3 aromatic rings. The van der Waals surface area contributed by atoms with Crippen molar-refractivity contribution in [3.8, 4) is 17.3 Å². The first-order valence-electron chi connectivity index (χ1n) is 6.10. The van der Waals surface area contributed by atoms with Crippen LogP contribution < -0.4 is 0 Å². The van der Waals surface area contributed by atoms with E-state index in [1.54, 1.807) is 22.7 Å². The Hall–Kier alpha value is -2.03. The van der Waals surface area contributed by atoms with Gasteiger partial charge >= 0.3 is 0 Å². The monoisotopic (exact) mass is 297 g/mol. The maximum Gasteiger partial charge on any atom is 0.100 e.